The monoisotopic (exact) mass is 301 g/mol. The van der Waals surface area contributed by atoms with Crippen LogP contribution in [-0.4, -0.2) is 17.3 Å². The third-order valence-corrected chi connectivity index (χ3v) is 3.15. The number of amides is 1. The molecule has 1 aromatic rings. The highest BCUT2D eigenvalue weighted by Gasteiger charge is 2.12. The molecule has 0 aliphatic rings. The van der Waals surface area contributed by atoms with Gasteiger partial charge in [-0.1, -0.05) is 22.0 Å². The molecule has 1 aromatic carbocycles. The molecule has 1 atom stereocenters. The fourth-order valence-corrected chi connectivity index (χ4v) is 1.92. The zero-order chi connectivity index (χ0) is 12.8. The maximum Gasteiger partial charge on any atom is 0.251 e. The number of benzene rings is 1. The van der Waals surface area contributed by atoms with E-state index in [2.05, 4.69) is 21.2 Å². The first-order chi connectivity index (χ1) is 8.04. The second-order valence-corrected chi connectivity index (χ2v) is 4.96. The van der Waals surface area contributed by atoms with E-state index in [0.29, 0.717) is 5.56 Å². The number of hydrogen-bond donors (Lipinski definition) is 1. The molecule has 0 saturated carbocycles. The third kappa shape index (κ3) is 4.46. The van der Waals surface area contributed by atoms with Gasteiger partial charge in [0.2, 0.25) is 0 Å². The second kappa shape index (κ2) is 6.74. The lowest BCUT2D eigenvalue weighted by atomic mass is 10.1. The summed E-state index contributed by atoms with van der Waals surface area (Å²) >= 11 is 3.35. The van der Waals surface area contributed by atoms with E-state index in [1.165, 1.54) is 12.1 Å². The maximum atomic E-state index is 13.1. The van der Waals surface area contributed by atoms with Crippen LogP contribution in [0.4, 0.5) is 4.39 Å². The predicted molar refractivity (Wildman–Crippen MR) is 71.1 cm³/mol. The van der Waals surface area contributed by atoms with Crippen LogP contribution >= 0.6 is 15.9 Å². The fraction of sp³-hybridized carbons (Fsp3) is 0.462. The van der Waals surface area contributed by atoms with Crippen LogP contribution in [-0.2, 0) is 0 Å². The number of rotatable bonds is 5. The van der Waals surface area contributed by atoms with Crippen molar-refractivity contribution in [1.82, 2.24) is 5.32 Å². The van der Waals surface area contributed by atoms with Crippen molar-refractivity contribution < 1.29 is 9.18 Å². The first kappa shape index (κ1) is 14.2. The highest BCUT2D eigenvalue weighted by atomic mass is 79.9. The zero-order valence-electron chi connectivity index (χ0n) is 10.1. The summed E-state index contributed by atoms with van der Waals surface area (Å²) in [6.07, 6.45) is 1.91. The molecule has 0 aliphatic carbocycles. The van der Waals surface area contributed by atoms with E-state index in [1.807, 2.05) is 6.92 Å². The van der Waals surface area contributed by atoms with Crippen LogP contribution in [0.2, 0.25) is 0 Å². The molecule has 4 heteroatoms. The van der Waals surface area contributed by atoms with E-state index in [0.717, 1.165) is 23.7 Å². The zero-order valence-corrected chi connectivity index (χ0v) is 11.7. The molecule has 0 spiro atoms. The molecule has 0 heterocycles. The van der Waals surface area contributed by atoms with Crippen molar-refractivity contribution in [3.05, 3.63) is 35.1 Å². The van der Waals surface area contributed by atoms with E-state index < -0.39 is 0 Å². The summed E-state index contributed by atoms with van der Waals surface area (Å²) in [5, 5.41) is 3.80. The van der Waals surface area contributed by atoms with Crippen molar-refractivity contribution in [2.45, 2.75) is 32.7 Å². The summed E-state index contributed by atoms with van der Waals surface area (Å²) in [5.74, 6) is -0.585. The Morgan fingerprint density at radius 2 is 2.24 bits per heavy atom. The standard InChI is InChI=1S/C13H17BrFNO/c1-9-5-6-11(15)8-12(9)13(17)16-10(2)4-3-7-14/h5-6,8,10H,3-4,7H2,1-2H3,(H,16,17). The molecule has 0 aliphatic heterocycles. The molecule has 0 saturated heterocycles. The van der Waals surface area contributed by atoms with Crippen LogP contribution in [0, 0.1) is 12.7 Å². The van der Waals surface area contributed by atoms with Crippen molar-refractivity contribution in [2.75, 3.05) is 5.33 Å². The lowest BCUT2D eigenvalue weighted by molar-refractivity contribution is 0.0937. The van der Waals surface area contributed by atoms with Crippen molar-refractivity contribution in [1.29, 1.82) is 0 Å². The summed E-state index contributed by atoms with van der Waals surface area (Å²) < 4.78 is 13.1. The van der Waals surface area contributed by atoms with Gasteiger partial charge in [0.25, 0.3) is 5.91 Å². The van der Waals surface area contributed by atoms with Gasteiger partial charge in [0, 0.05) is 16.9 Å². The van der Waals surface area contributed by atoms with E-state index >= 15 is 0 Å². The van der Waals surface area contributed by atoms with Gasteiger partial charge in [0.1, 0.15) is 5.82 Å². The molecule has 1 unspecified atom stereocenters. The summed E-state index contributed by atoms with van der Waals surface area (Å²) in [5.41, 5.74) is 1.20. The van der Waals surface area contributed by atoms with Crippen molar-refractivity contribution in [3.8, 4) is 0 Å². The SMILES string of the molecule is Cc1ccc(F)cc1C(=O)NC(C)CCCBr. The summed E-state index contributed by atoms with van der Waals surface area (Å²) in [4.78, 5) is 11.9. The molecular weight excluding hydrogens is 285 g/mol. The molecule has 0 fully saturated rings. The lowest BCUT2D eigenvalue weighted by Gasteiger charge is -2.14. The fourth-order valence-electron chi connectivity index (χ4n) is 1.60. The molecular formula is C13H17BrFNO. The molecule has 0 aromatic heterocycles. The van der Waals surface area contributed by atoms with Crippen molar-refractivity contribution >= 4 is 21.8 Å². The third-order valence-electron chi connectivity index (χ3n) is 2.59. The van der Waals surface area contributed by atoms with E-state index in [-0.39, 0.29) is 17.8 Å². The van der Waals surface area contributed by atoms with E-state index in [9.17, 15) is 9.18 Å². The van der Waals surface area contributed by atoms with Crippen LogP contribution in [0.25, 0.3) is 0 Å². The number of aryl methyl sites for hydroxylation is 1. The molecule has 0 bridgehead atoms. The summed E-state index contributed by atoms with van der Waals surface area (Å²) in [6.45, 7) is 3.76. The Hall–Kier alpha value is -0.900. The van der Waals surface area contributed by atoms with Gasteiger partial charge < -0.3 is 5.32 Å². The molecule has 1 rings (SSSR count). The lowest BCUT2D eigenvalue weighted by Crippen LogP contribution is -2.33. The van der Waals surface area contributed by atoms with Crippen molar-refractivity contribution in [2.24, 2.45) is 0 Å². The van der Waals surface area contributed by atoms with Gasteiger partial charge in [-0.25, -0.2) is 4.39 Å². The van der Waals surface area contributed by atoms with Crippen LogP contribution in [0.1, 0.15) is 35.7 Å². The number of carbonyl (C=O) groups excluding carboxylic acids is 1. The van der Waals surface area contributed by atoms with Gasteiger partial charge in [-0.05, 0) is 44.4 Å². The Balaban J connectivity index is 2.66. The number of alkyl halides is 1. The average Bonchev–Trinajstić information content (AvgIpc) is 2.29. The average molecular weight is 302 g/mol. The predicted octanol–water partition coefficient (Wildman–Crippen LogP) is 3.43. The summed E-state index contributed by atoms with van der Waals surface area (Å²) in [7, 11) is 0. The van der Waals surface area contributed by atoms with Gasteiger partial charge in [-0.3, -0.25) is 4.79 Å². The highest BCUT2D eigenvalue weighted by molar-refractivity contribution is 9.09. The molecule has 17 heavy (non-hydrogen) atoms. The van der Waals surface area contributed by atoms with Crippen LogP contribution in [0.15, 0.2) is 18.2 Å². The van der Waals surface area contributed by atoms with Gasteiger partial charge >= 0.3 is 0 Å². The topological polar surface area (TPSA) is 29.1 Å². The molecule has 2 nitrogen and oxygen atoms in total. The van der Waals surface area contributed by atoms with E-state index in [4.69, 9.17) is 0 Å². The Morgan fingerprint density at radius 3 is 2.88 bits per heavy atom. The van der Waals surface area contributed by atoms with Gasteiger partial charge in [-0.15, -0.1) is 0 Å². The Morgan fingerprint density at radius 1 is 1.53 bits per heavy atom. The Bertz CT molecular complexity index is 395. The Kier molecular flexibility index (Phi) is 5.62. The molecule has 1 amide bonds. The molecule has 1 N–H and O–H groups in total. The van der Waals surface area contributed by atoms with Crippen LogP contribution < -0.4 is 5.32 Å². The highest BCUT2D eigenvalue weighted by Crippen LogP contribution is 2.11. The minimum Gasteiger partial charge on any atom is -0.350 e. The normalized spacial score (nSPS) is 12.2. The first-order valence-corrected chi connectivity index (χ1v) is 6.79. The van der Waals surface area contributed by atoms with Crippen molar-refractivity contribution in [3.63, 3.8) is 0 Å². The number of nitrogens with one attached hydrogen (secondary N) is 1. The minimum atomic E-state index is -0.381. The van der Waals surface area contributed by atoms with E-state index in [1.54, 1.807) is 13.0 Å². The Labute approximate surface area is 110 Å². The smallest absolute Gasteiger partial charge is 0.251 e. The second-order valence-electron chi connectivity index (χ2n) is 4.16. The van der Waals surface area contributed by atoms with Gasteiger partial charge in [-0.2, -0.15) is 0 Å². The number of hydrogen-bond acceptors (Lipinski definition) is 1. The molecule has 94 valence electrons. The summed E-state index contributed by atoms with van der Waals surface area (Å²) in [6, 6.07) is 4.36. The quantitative estimate of drug-likeness (QED) is 0.830. The number of halogens is 2. The largest absolute Gasteiger partial charge is 0.350 e. The van der Waals surface area contributed by atoms with Gasteiger partial charge in [0.15, 0.2) is 0 Å². The maximum absolute atomic E-state index is 13.1. The first-order valence-electron chi connectivity index (χ1n) is 5.67. The van der Waals surface area contributed by atoms with Crippen LogP contribution in [0.5, 0.6) is 0 Å². The van der Waals surface area contributed by atoms with Gasteiger partial charge in [0.05, 0.1) is 0 Å². The minimum absolute atomic E-state index is 0.0997. The number of carbonyl (C=O) groups is 1. The van der Waals surface area contributed by atoms with Crippen LogP contribution in [0.3, 0.4) is 0 Å². The molecule has 0 radical (unpaired) electrons.